The van der Waals surface area contributed by atoms with E-state index in [0.29, 0.717) is 23.6 Å². The first-order valence-corrected chi connectivity index (χ1v) is 6.75. The number of alkyl halides is 3. The molecule has 0 spiro atoms. The number of hydrogen-bond donors (Lipinski definition) is 1. The number of carbonyl (C=O) groups is 1. The van der Waals surface area contributed by atoms with Crippen LogP contribution in [0.1, 0.15) is 39.6 Å². The summed E-state index contributed by atoms with van der Waals surface area (Å²) in [5.41, 5.74) is 0.424. The maximum atomic E-state index is 12.8. The fourth-order valence-electron chi connectivity index (χ4n) is 3.17. The van der Waals surface area contributed by atoms with E-state index in [9.17, 15) is 23.1 Å². The topological polar surface area (TPSA) is 68.0 Å². The smallest absolute Gasteiger partial charge is 0.416 e. The summed E-state index contributed by atoms with van der Waals surface area (Å²) in [5, 5.41) is 13.2. The molecule has 5 nitrogen and oxygen atoms in total. The maximum absolute atomic E-state index is 12.8. The zero-order valence-electron chi connectivity index (χ0n) is 11.1. The van der Waals surface area contributed by atoms with Gasteiger partial charge in [0, 0.05) is 17.7 Å². The molecule has 114 valence electrons. The Morgan fingerprint density at radius 1 is 1.41 bits per heavy atom. The molecule has 0 radical (unpaired) electrons. The highest BCUT2D eigenvalue weighted by Gasteiger charge is 2.50. The van der Waals surface area contributed by atoms with Gasteiger partial charge in [-0.05, 0) is 30.9 Å². The number of aromatic nitrogens is 3. The summed E-state index contributed by atoms with van der Waals surface area (Å²) in [5.74, 6) is -0.579. The van der Waals surface area contributed by atoms with Crippen LogP contribution in [0.25, 0.3) is 5.82 Å². The number of fused-ring (bicyclic) bond motifs is 3. The lowest BCUT2D eigenvalue weighted by atomic mass is 10.1. The van der Waals surface area contributed by atoms with Gasteiger partial charge >= 0.3 is 12.1 Å². The van der Waals surface area contributed by atoms with Crippen molar-refractivity contribution in [3.63, 3.8) is 0 Å². The minimum absolute atomic E-state index is 0.00567. The van der Waals surface area contributed by atoms with Gasteiger partial charge in [-0.2, -0.15) is 18.3 Å². The van der Waals surface area contributed by atoms with E-state index in [1.807, 2.05) is 0 Å². The van der Waals surface area contributed by atoms with Crippen molar-refractivity contribution in [2.24, 2.45) is 5.92 Å². The number of hydrogen-bond acceptors (Lipinski definition) is 3. The third-order valence-corrected chi connectivity index (χ3v) is 4.26. The van der Waals surface area contributed by atoms with Crippen LogP contribution in [0.15, 0.2) is 18.3 Å². The third kappa shape index (κ3) is 1.83. The van der Waals surface area contributed by atoms with E-state index >= 15 is 0 Å². The van der Waals surface area contributed by atoms with Crippen LogP contribution in [-0.2, 0) is 12.6 Å². The number of halogens is 3. The minimum Gasteiger partial charge on any atom is -0.476 e. The molecule has 2 atom stereocenters. The first-order chi connectivity index (χ1) is 10.4. The monoisotopic (exact) mass is 309 g/mol. The average Bonchev–Trinajstić information content (AvgIpc) is 2.94. The molecule has 0 aromatic carbocycles. The van der Waals surface area contributed by atoms with Gasteiger partial charge in [0.25, 0.3) is 0 Å². The maximum Gasteiger partial charge on any atom is 0.416 e. The first kappa shape index (κ1) is 13.3. The lowest BCUT2D eigenvalue weighted by Gasteiger charge is -2.09. The minimum atomic E-state index is -4.48. The van der Waals surface area contributed by atoms with Gasteiger partial charge in [-0.3, -0.25) is 0 Å². The molecule has 1 saturated carbocycles. The molecule has 8 heteroatoms. The van der Waals surface area contributed by atoms with Gasteiger partial charge in [-0.1, -0.05) is 0 Å². The number of carboxylic acids is 1. The predicted octanol–water partition coefficient (Wildman–Crippen LogP) is 2.64. The fourth-order valence-corrected chi connectivity index (χ4v) is 3.17. The largest absolute Gasteiger partial charge is 0.476 e. The third-order valence-electron chi connectivity index (χ3n) is 4.26. The quantitative estimate of drug-likeness (QED) is 0.926. The SMILES string of the molecule is O=C(O)c1nn(-c2cc(C(F)(F)F)ccn2)c2c1C[C@@H]1C[C@H]21. The van der Waals surface area contributed by atoms with Crippen LogP contribution in [0.4, 0.5) is 13.2 Å². The van der Waals surface area contributed by atoms with Crippen molar-refractivity contribution in [1.82, 2.24) is 14.8 Å². The molecular weight excluding hydrogens is 299 g/mol. The molecule has 0 aliphatic heterocycles. The summed E-state index contributed by atoms with van der Waals surface area (Å²) in [7, 11) is 0. The Bertz CT molecular complexity index is 797. The Labute approximate surface area is 122 Å². The van der Waals surface area contributed by atoms with Gasteiger partial charge in [0.15, 0.2) is 11.5 Å². The lowest BCUT2D eigenvalue weighted by molar-refractivity contribution is -0.137. The molecule has 0 unspecified atom stereocenters. The van der Waals surface area contributed by atoms with E-state index in [-0.39, 0.29) is 17.4 Å². The second-order valence-electron chi connectivity index (χ2n) is 5.64. The normalized spacial score (nSPS) is 22.3. The Morgan fingerprint density at radius 3 is 2.86 bits per heavy atom. The van der Waals surface area contributed by atoms with Crippen LogP contribution < -0.4 is 0 Å². The molecule has 2 heterocycles. The predicted molar refractivity (Wildman–Crippen MR) is 67.9 cm³/mol. The van der Waals surface area contributed by atoms with E-state index in [0.717, 1.165) is 24.8 Å². The Balaban J connectivity index is 1.87. The van der Waals surface area contributed by atoms with E-state index in [2.05, 4.69) is 10.1 Å². The number of pyridine rings is 1. The van der Waals surface area contributed by atoms with Gasteiger partial charge < -0.3 is 5.11 Å². The summed E-state index contributed by atoms with van der Waals surface area (Å²) >= 11 is 0. The zero-order valence-corrected chi connectivity index (χ0v) is 11.1. The van der Waals surface area contributed by atoms with Crippen molar-refractivity contribution in [1.29, 1.82) is 0 Å². The van der Waals surface area contributed by atoms with Gasteiger partial charge in [-0.25, -0.2) is 14.5 Å². The summed E-state index contributed by atoms with van der Waals surface area (Å²) in [4.78, 5) is 15.2. The summed E-state index contributed by atoms with van der Waals surface area (Å²) in [6.45, 7) is 0. The molecule has 0 amide bonds. The highest BCUT2D eigenvalue weighted by molar-refractivity contribution is 5.88. The zero-order chi connectivity index (χ0) is 15.6. The van der Waals surface area contributed by atoms with Crippen LogP contribution in [-0.4, -0.2) is 25.8 Å². The van der Waals surface area contributed by atoms with Crippen molar-refractivity contribution in [2.75, 3.05) is 0 Å². The van der Waals surface area contributed by atoms with Gasteiger partial charge in [0.2, 0.25) is 0 Å². The molecule has 1 N–H and O–H groups in total. The fraction of sp³-hybridized carbons (Fsp3) is 0.357. The molecule has 22 heavy (non-hydrogen) atoms. The number of aromatic carboxylic acids is 1. The van der Waals surface area contributed by atoms with Crippen LogP contribution in [0.5, 0.6) is 0 Å². The molecule has 4 rings (SSSR count). The standard InChI is InChI=1S/C14H10F3N3O2/c15-14(16,17)7-1-2-18-10(5-7)20-12-8-3-6(8)4-9(12)11(19-20)13(21)22/h1-2,5-6,8H,3-4H2,(H,21,22)/t6-,8-/m0/s1. The molecule has 0 saturated heterocycles. The highest BCUT2D eigenvalue weighted by atomic mass is 19.4. The molecule has 2 aliphatic carbocycles. The summed E-state index contributed by atoms with van der Waals surface area (Å²) in [6, 6.07) is 1.78. The second-order valence-corrected chi connectivity index (χ2v) is 5.64. The van der Waals surface area contributed by atoms with E-state index < -0.39 is 17.7 Å². The van der Waals surface area contributed by atoms with Crippen LogP contribution in [0, 0.1) is 5.92 Å². The lowest BCUT2D eigenvalue weighted by Crippen LogP contribution is -2.10. The Hall–Kier alpha value is -2.38. The van der Waals surface area contributed by atoms with Crippen molar-refractivity contribution < 1.29 is 23.1 Å². The molecular formula is C14H10F3N3O2. The summed E-state index contributed by atoms with van der Waals surface area (Å²) in [6.07, 6.45) is -1.87. The van der Waals surface area contributed by atoms with Gasteiger partial charge in [0.05, 0.1) is 11.3 Å². The first-order valence-electron chi connectivity index (χ1n) is 6.75. The van der Waals surface area contributed by atoms with E-state index in [4.69, 9.17) is 0 Å². The van der Waals surface area contributed by atoms with Crippen molar-refractivity contribution in [3.05, 3.63) is 40.8 Å². The van der Waals surface area contributed by atoms with Gasteiger partial charge in [-0.15, -0.1) is 0 Å². The number of nitrogens with zero attached hydrogens (tertiary/aromatic N) is 3. The molecule has 1 fully saturated rings. The van der Waals surface area contributed by atoms with E-state index in [1.165, 1.54) is 4.68 Å². The van der Waals surface area contributed by atoms with Gasteiger partial charge in [0.1, 0.15) is 0 Å². The van der Waals surface area contributed by atoms with Crippen LogP contribution in [0.3, 0.4) is 0 Å². The second kappa shape index (κ2) is 4.08. The average molecular weight is 309 g/mol. The number of carboxylic acid groups (broad SMARTS) is 1. The van der Waals surface area contributed by atoms with Crippen LogP contribution in [0.2, 0.25) is 0 Å². The highest BCUT2D eigenvalue weighted by Crippen LogP contribution is 2.57. The molecule has 2 aromatic heterocycles. The number of rotatable bonds is 2. The molecule has 2 aliphatic rings. The van der Waals surface area contributed by atoms with Crippen molar-refractivity contribution in [3.8, 4) is 5.82 Å². The van der Waals surface area contributed by atoms with Crippen molar-refractivity contribution >= 4 is 5.97 Å². The van der Waals surface area contributed by atoms with Crippen LogP contribution >= 0.6 is 0 Å². The van der Waals surface area contributed by atoms with E-state index in [1.54, 1.807) is 0 Å². The Kier molecular flexibility index (Phi) is 2.47. The summed E-state index contributed by atoms with van der Waals surface area (Å²) < 4.78 is 39.7. The van der Waals surface area contributed by atoms with Crippen molar-refractivity contribution in [2.45, 2.75) is 24.9 Å². The molecule has 0 bridgehead atoms. The molecule has 2 aromatic rings. The Morgan fingerprint density at radius 2 is 2.18 bits per heavy atom.